The maximum absolute atomic E-state index is 12.7. The molecule has 0 saturated heterocycles. The number of phenolic OH excluding ortho intramolecular Hbond substituents is 1. The van der Waals surface area contributed by atoms with Crippen molar-refractivity contribution >= 4 is 17.6 Å². The van der Waals surface area contributed by atoms with Crippen molar-refractivity contribution < 1.29 is 19.0 Å². The third kappa shape index (κ3) is 1.96. The molecule has 1 aromatic rings. The number of benzene rings is 1. The zero-order valence-corrected chi connectivity index (χ0v) is 8.14. The first kappa shape index (κ1) is 10.8. The average Bonchev–Trinajstić information content (AvgIpc) is 2.15. The molecule has 1 aromatic carbocycles. The number of rotatable bonds is 2. The maximum Gasteiger partial charge on any atom is 0.339 e. The van der Waals surface area contributed by atoms with Crippen molar-refractivity contribution in [3.63, 3.8) is 0 Å². The van der Waals surface area contributed by atoms with Crippen molar-refractivity contribution in [3.8, 4) is 5.75 Å². The molecule has 1 rings (SSSR count). The first-order valence-electron chi connectivity index (χ1n) is 3.92. The predicted octanol–water partition coefficient (Wildman–Crippen LogP) is 2.36. The highest BCUT2D eigenvalue weighted by Crippen LogP contribution is 2.30. The Balaban J connectivity index is 3.11. The van der Waals surface area contributed by atoms with Gasteiger partial charge in [-0.15, -0.1) is 0 Å². The summed E-state index contributed by atoms with van der Waals surface area (Å²) in [6.07, 6.45) is 0. The highest BCUT2D eigenvalue weighted by Gasteiger charge is 2.16. The van der Waals surface area contributed by atoms with Crippen molar-refractivity contribution in [2.75, 3.05) is 6.61 Å². The van der Waals surface area contributed by atoms with Gasteiger partial charge in [-0.3, -0.25) is 0 Å². The molecule has 0 bridgehead atoms. The fourth-order valence-electron chi connectivity index (χ4n) is 0.907. The Morgan fingerprint density at radius 1 is 1.64 bits per heavy atom. The van der Waals surface area contributed by atoms with E-state index in [9.17, 15) is 9.18 Å². The second-order valence-corrected chi connectivity index (χ2v) is 2.86. The molecule has 0 unspecified atom stereocenters. The molecule has 0 aliphatic rings. The van der Waals surface area contributed by atoms with E-state index < -0.39 is 17.5 Å². The molecule has 0 fully saturated rings. The van der Waals surface area contributed by atoms with Crippen LogP contribution in [0.2, 0.25) is 5.02 Å². The Morgan fingerprint density at radius 3 is 2.86 bits per heavy atom. The van der Waals surface area contributed by atoms with Gasteiger partial charge in [-0.2, -0.15) is 0 Å². The van der Waals surface area contributed by atoms with Crippen molar-refractivity contribution in [1.29, 1.82) is 0 Å². The van der Waals surface area contributed by atoms with Gasteiger partial charge >= 0.3 is 5.97 Å². The Morgan fingerprint density at radius 2 is 2.29 bits per heavy atom. The van der Waals surface area contributed by atoms with Crippen LogP contribution in [0.3, 0.4) is 0 Å². The molecule has 0 radical (unpaired) electrons. The quantitative estimate of drug-likeness (QED) is 0.776. The monoisotopic (exact) mass is 218 g/mol. The van der Waals surface area contributed by atoms with Gasteiger partial charge in [0, 0.05) is 0 Å². The van der Waals surface area contributed by atoms with Gasteiger partial charge in [0.15, 0.2) is 11.6 Å². The van der Waals surface area contributed by atoms with E-state index in [-0.39, 0.29) is 17.2 Å². The van der Waals surface area contributed by atoms with Crippen LogP contribution in [-0.2, 0) is 4.74 Å². The largest absolute Gasteiger partial charge is 0.504 e. The molecular weight excluding hydrogens is 211 g/mol. The molecule has 0 aliphatic heterocycles. The number of carbonyl (C=O) groups is 1. The minimum Gasteiger partial charge on any atom is -0.504 e. The van der Waals surface area contributed by atoms with Gasteiger partial charge in [0.05, 0.1) is 17.2 Å². The molecule has 1 N–H and O–H groups in total. The Labute approximate surface area is 85.1 Å². The van der Waals surface area contributed by atoms with E-state index in [0.717, 1.165) is 12.1 Å². The van der Waals surface area contributed by atoms with Gasteiger partial charge in [-0.1, -0.05) is 11.6 Å². The lowest BCUT2D eigenvalue weighted by Gasteiger charge is -2.05. The number of aromatic hydroxyl groups is 1. The smallest absolute Gasteiger partial charge is 0.339 e. The fraction of sp³-hybridized carbons (Fsp3) is 0.222. The number of esters is 1. The molecule has 0 spiro atoms. The van der Waals surface area contributed by atoms with E-state index in [4.69, 9.17) is 16.7 Å². The van der Waals surface area contributed by atoms with Crippen molar-refractivity contribution in [2.45, 2.75) is 6.92 Å². The number of carbonyl (C=O) groups excluding carboxylic acids is 1. The zero-order valence-electron chi connectivity index (χ0n) is 7.38. The Kier molecular flexibility index (Phi) is 3.30. The SMILES string of the molecule is CCOC(=O)c1ccc(F)c(O)c1Cl. The maximum atomic E-state index is 12.7. The number of hydrogen-bond acceptors (Lipinski definition) is 3. The fourth-order valence-corrected chi connectivity index (χ4v) is 1.14. The summed E-state index contributed by atoms with van der Waals surface area (Å²) >= 11 is 5.54. The van der Waals surface area contributed by atoms with Gasteiger partial charge in [-0.25, -0.2) is 9.18 Å². The second-order valence-electron chi connectivity index (χ2n) is 2.48. The number of phenols is 1. The average molecular weight is 219 g/mol. The minimum atomic E-state index is -0.872. The van der Waals surface area contributed by atoms with Gasteiger partial charge in [0.1, 0.15) is 0 Å². The summed E-state index contributed by atoms with van der Waals surface area (Å²) in [4.78, 5) is 11.2. The zero-order chi connectivity index (χ0) is 10.7. The van der Waals surface area contributed by atoms with Crippen LogP contribution in [0.15, 0.2) is 12.1 Å². The minimum absolute atomic E-state index is 0.0487. The summed E-state index contributed by atoms with van der Waals surface area (Å²) in [5.74, 6) is -2.30. The van der Waals surface area contributed by atoms with E-state index in [1.165, 1.54) is 0 Å². The van der Waals surface area contributed by atoms with E-state index in [1.54, 1.807) is 6.92 Å². The second kappa shape index (κ2) is 4.28. The molecule has 14 heavy (non-hydrogen) atoms. The van der Waals surface area contributed by atoms with Crippen LogP contribution in [-0.4, -0.2) is 17.7 Å². The normalized spacial score (nSPS) is 9.93. The molecule has 0 heterocycles. The first-order valence-corrected chi connectivity index (χ1v) is 4.29. The van der Waals surface area contributed by atoms with Gasteiger partial charge in [-0.05, 0) is 19.1 Å². The molecule has 0 saturated carbocycles. The highest BCUT2D eigenvalue weighted by atomic mass is 35.5. The van der Waals surface area contributed by atoms with Gasteiger partial charge in [0.2, 0.25) is 0 Å². The molecule has 0 aromatic heterocycles. The van der Waals surface area contributed by atoms with Crippen molar-refractivity contribution in [2.24, 2.45) is 0 Å². The molecule has 0 atom stereocenters. The van der Waals surface area contributed by atoms with E-state index >= 15 is 0 Å². The summed E-state index contributed by atoms with van der Waals surface area (Å²) in [5, 5.41) is 8.76. The Hall–Kier alpha value is -1.29. The van der Waals surface area contributed by atoms with Crippen LogP contribution in [0.5, 0.6) is 5.75 Å². The van der Waals surface area contributed by atoms with Crippen LogP contribution < -0.4 is 0 Å². The summed E-state index contributed by atoms with van der Waals surface area (Å²) in [7, 11) is 0. The number of ether oxygens (including phenoxy) is 1. The summed E-state index contributed by atoms with van der Waals surface area (Å²) in [6, 6.07) is 2.11. The van der Waals surface area contributed by atoms with E-state index in [2.05, 4.69) is 4.74 Å². The molecule has 0 amide bonds. The molecule has 0 aliphatic carbocycles. The molecule has 3 nitrogen and oxygen atoms in total. The number of halogens is 2. The van der Waals surface area contributed by atoms with Crippen LogP contribution in [0, 0.1) is 5.82 Å². The molecule has 5 heteroatoms. The van der Waals surface area contributed by atoms with Gasteiger partial charge < -0.3 is 9.84 Å². The van der Waals surface area contributed by atoms with Crippen LogP contribution >= 0.6 is 11.6 Å². The summed E-state index contributed by atoms with van der Waals surface area (Å²) in [5.41, 5.74) is -0.0487. The van der Waals surface area contributed by atoms with Crippen LogP contribution in [0.4, 0.5) is 4.39 Å². The third-order valence-corrected chi connectivity index (χ3v) is 1.94. The standard InChI is InChI=1S/C9H8ClFO3/c1-2-14-9(13)5-3-4-6(11)8(12)7(5)10/h3-4,12H,2H2,1H3. The lowest BCUT2D eigenvalue weighted by atomic mass is 10.2. The van der Waals surface area contributed by atoms with Crippen molar-refractivity contribution in [3.05, 3.63) is 28.5 Å². The van der Waals surface area contributed by atoms with E-state index in [1.807, 2.05) is 0 Å². The molecular formula is C9H8ClFO3. The lowest BCUT2D eigenvalue weighted by molar-refractivity contribution is 0.0526. The van der Waals surface area contributed by atoms with E-state index in [0.29, 0.717) is 0 Å². The topological polar surface area (TPSA) is 46.5 Å². The molecule has 76 valence electrons. The predicted molar refractivity (Wildman–Crippen MR) is 49.0 cm³/mol. The lowest BCUT2D eigenvalue weighted by Crippen LogP contribution is -2.05. The highest BCUT2D eigenvalue weighted by molar-refractivity contribution is 6.35. The summed E-state index contributed by atoms with van der Waals surface area (Å²) < 4.78 is 17.4. The van der Waals surface area contributed by atoms with Crippen LogP contribution in [0.1, 0.15) is 17.3 Å². The van der Waals surface area contributed by atoms with Gasteiger partial charge in [0.25, 0.3) is 0 Å². The third-order valence-electron chi connectivity index (χ3n) is 1.56. The first-order chi connectivity index (χ1) is 6.57. The van der Waals surface area contributed by atoms with Crippen LogP contribution in [0.25, 0.3) is 0 Å². The summed E-state index contributed by atoms with van der Waals surface area (Å²) in [6.45, 7) is 1.82. The van der Waals surface area contributed by atoms with Crippen molar-refractivity contribution in [1.82, 2.24) is 0 Å². The Bertz CT molecular complexity index is 365. The number of hydrogen-bond donors (Lipinski definition) is 1.